The standard InChI is InChI=1S/C20H21BrN4O2/c1-3-25(20(27)22-13(2)14-8-4-6-10-16(14)21)12-18-23-17-11-7-5-9-15(17)19(26)24-18/h4-11,13H,3,12H2,1-2H3,(H,22,27)(H,23,24,26). The number of hydrogen-bond acceptors (Lipinski definition) is 3. The Balaban J connectivity index is 1.76. The molecule has 1 heterocycles. The summed E-state index contributed by atoms with van der Waals surface area (Å²) >= 11 is 3.51. The normalized spacial score (nSPS) is 12.0. The maximum Gasteiger partial charge on any atom is 0.318 e. The van der Waals surface area contributed by atoms with Crippen LogP contribution in [0.2, 0.25) is 0 Å². The molecule has 3 aromatic rings. The van der Waals surface area contributed by atoms with Crippen LogP contribution in [0, 0.1) is 0 Å². The zero-order valence-electron chi connectivity index (χ0n) is 15.2. The number of nitrogens with one attached hydrogen (secondary N) is 2. The SMILES string of the molecule is CCN(Cc1nc2ccccc2c(=O)[nH]1)C(=O)NC(C)c1ccccc1Br. The predicted molar refractivity (Wildman–Crippen MR) is 110 cm³/mol. The number of rotatable bonds is 5. The number of amides is 2. The highest BCUT2D eigenvalue weighted by atomic mass is 79.9. The average molecular weight is 429 g/mol. The fraction of sp³-hybridized carbons (Fsp3) is 0.250. The van der Waals surface area contributed by atoms with Gasteiger partial charge in [0.1, 0.15) is 5.82 Å². The molecular weight excluding hydrogens is 408 g/mol. The fourth-order valence-electron chi connectivity index (χ4n) is 2.90. The number of para-hydroxylation sites is 1. The van der Waals surface area contributed by atoms with E-state index in [2.05, 4.69) is 31.2 Å². The van der Waals surface area contributed by atoms with Gasteiger partial charge in [0.2, 0.25) is 0 Å². The molecule has 3 rings (SSSR count). The number of benzene rings is 2. The Bertz CT molecular complexity index is 1020. The third-order valence-corrected chi connectivity index (χ3v) is 5.11. The molecule has 0 radical (unpaired) electrons. The van der Waals surface area contributed by atoms with Crippen LogP contribution in [0.25, 0.3) is 10.9 Å². The quantitative estimate of drug-likeness (QED) is 0.644. The first-order valence-electron chi connectivity index (χ1n) is 8.77. The van der Waals surface area contributed by atoms with Crippen LogP contribution in [-0.2, 0) is 6.54 Å². The molecule has 6 nitrogen and oxygen atoms in total. The molecule has 7 heteroatoms. The van der Waals surface area contributed by atoms with Crippen LogP contribution in [-0.4, -0.2) is 27.4 Å². The minimum atomic E-state index is -0.212. The molecule has 0 fully saturated rings. The Labute approximate surface area is 165 Å². The largest absolute Gasteiger partial charge is 0.331 e. The van der Waals surface area contributed by atoms with Crippen molar-refractivity contribution in [3.63, 3.8) is 0 Å². The first-order valence-corrected chi connectivity index (χ1v) is 9.56. The average Bonchev–Trinajstić information content (AvgIpc) is 2.66. The number of fused-ring (bicyclic) bond motifs is 1. The molecule has 0 spiro atoms. The number of nitrogens with zero attached hydrogens (tertiary/aromatic N) is 2. The summed E-state index contributed by atoms with van der Waals surface area (Å²) < 4.78 is 0.946. The Kier molecular flexibility index (Phi) is 5.91. The molecule has 0 aliphatic carbocycles. The molecule has 27 heavy (non-hydrogen) atoms. The van der Waals surface area contributed by atoms with Crippen molar-refractivity contribution in [3.8, 4) is 0 Å². The predicted octanol–water partition coefficient (Wildman–Crippen LogP) is 3.98. The highest BCUT2D eigenvalue weighted by Crippen LogP contribution is 2.22. The van der Waals surface area contributed by atoms with Crippen LogP contribution >= 0.6 is 15.9 Å². The van der Waals surface area contributed by atoms with Crippen molar-refractivity contribution in [2.45, 2.75) is 26.4 Å². The number of urea groups is 1. The van der Waals surface area contributed by atoms with E-state index in [1.54, 1.807) is 23.1 Å². The van der Waals surface area contributed by atoms with Crippen LogP contribution in [0.4, 0.5) is 4.79 Å². The first-order chi connectivity index (χ1) is 13.0. The highest BCUT2D eigenvalue weighted by molar-refractivity contribution is 9.10. The minimum absolute atomic E-state index is 0.161. The Morgan fingerprint density at radius 2 is 1.93 bits per heavy atom. The lowest BCUT2D eigenvalue weighted by Gasteiger charge is -2.24. The van der Waals surface area contributed by atoms with Gasteiger partial charge in [-0.2, -0.15) is 0 Å². The summed E-state index contributed by atoms with van der Waals surface area (Å²) in [6, 6.07) is 14.6. The van der Waals surface area contributed by atoms with Crippen LogP contribution < -0.4 is 10.9 Å². The van der Waals surface area contributed by atoms with Gasteiger partial charge >= 0.3 is 6.03 Å². The van der Waals surface area contributed by atoms with Crippen molar-refractivity contribution < 1.29 is 4.79 Å². The van der Waals surface area contributed by atoms with Crippen molar-refractivity contribution in [2.75, 3.05) is 6.54 Å². The lowest BCUT2D eigenvalue weighted by Crippen LogP contribution is -2.41. The van der Waals surface area contributed by atoms with Gasteiger partial charge in [0.05, 0.1) is 23.5 Å². The molecule has 1 atom stereocenters. The summed E-state index contributed by atoms with van der Waals surface area (Å²) in [4.78, 5) is 33.8. The van der Waals surface area contributed by atoms with Crippen LogP contribution in [0.5, 0.6) is 0 Å². The second kappa shape index (κ2) is 8.35. The molecular formula is C20H21BrN4O2. The van der Waals surface area contributed by atoms with E-state index in [4.69, 9.17) is 0 Å². The first kappa shape index (κ1) is 19.1. The Morgan fingerprint density at radius 3 is 2.67 bits per heavy atom. The minimum Gasteiger partial charge on any atom is -0.331 e. The van der Waals surface area contributed by atoms with Crippen molar-refractivity contribution in [1.29, 1.82) is 0 Å². The van der Waals surface area contributed by atoms with Crippen LogP contribution in [0.3, 0.4) is 0 Å². The molecule has 0 aliphatic rings. The summed E-state index contributed by atoms with van der Waals surface area (Å²) in [5, 5.41) is 3.54. The molecule has 140 valence electrons. The van der Waals surface area contributed by atoms with Crippen molar-refractivity contribution in [2.24, 2.45) is 0 Å². The van der Waals surface area contributed by atoms with Gasteiger partial charge in [-0.3, -0.25) is 4.79 Å². The maximum absolute atomic E-state index is 12.7. The molecule has 2 N–H and O–H groups in total. The van der Waals surface area contributed by atoms with E-state index >= 15 is 0 Å². The topological polar surface area (TPSA) is 78.1 Å². The lowest BCUT2D eigenvalue weighted by molar-refractivity contribution is 0.193. The molecule has 1 unspecified atom stereocenters. The smallest absolute Gasteiger partial charge is 0.318 e. The molecule has 0 bridgehead atoms. The molecule has 0 saturated carbocycles. The van der Waals surface area contributed by atoms with Gasteiger partial charge in [-0.15, -0.1) is 0 Å². The van der Waals surface area contributed by atoms with Crippen molar-refractivity contribution >= 4 is 32.9 Å². The van der Waals surface area contributed by atoms with Gasteiger partial charge in [-0.25, -0.2) is 9.78 Å². The van der Waals surface area contributed by atoms with E-state index in [0.29, 0.717) is 23.3 Å². The van der Waals surface area contributed by atoms with Gasteiger partial charge in [0.25, 0.3) is 5.56 Å². The zero-order valence-corrected chi connectivity index (χ0v) is 16.8. The number of halogens is 1. The summed E-state index contributed by atoms with van der Waals surface area (Å²) in [6.07, 6.45) is 0. The van der Waals surface area contributed by atoms with Gasteiger partial charge in [0.15, 0.2) is 0 Å². The van der Waals surface area contributed by atoms with E-state index in [9.17, 15) is 9.59 Å². The van der Waals surface area contributed by atoms with E-state index in [-0.39, 0.29) is 24.2 Å². The number of H-pyrrole nitrogens is 1. The van der Waals surface area contributed by atoms with Gasteiger partial charge in [0, 0.05) is 11.0 Å². The maximum atomic E-state index is 12.7. The molecule has 2 amide bonds. The van der Waals surface area contributed by atoms with E-state index in [1.165, 1.54) is 0 Å². The summed E-state index contributed by atoms with van der Waals surface area (Å²) in [7, 11) is 0. The third-order valence-electron chi connectivity index (χ3n) is 4.38. The van der Waals surface area contributed by atoms with Gasteiger partial charge < -0.3 is 15.2 Å². The number of aromatic nitrogens is 2. The summed E-state index contributed by atoms with van der Waals surface area (Å²) in [6.45, 7) is 4.54. The van der Waals surface area contributed by atoms with Crippen LogP contribution in [0.15, 0.2) is 57.8 Å². The van der Waals surface area contributed by atoms with Crippen molar-refractivity contribution in [1.82, 2.24) is 20.2 Å². The number of hydrogen-bond donors (Lipinski definition) is 2. The van der Waals surface area contributed by atoms with E-state index in [1.807, 2.05) is 44.2 Å². The van der Waals surface area contributed by atoms with Crippen LogP contribution in [0.1, 0.15) is 31.3 Å². The van der Waals surface area contributed by atoms with Gasteiger partial charge in [-0.1, -0.05) is 46.3 Å². The molecule has 1 aromatic heterocycles. The lowest BCUT2D eigenvalue weighted by atomic mass is 10.1. The Hall–Kier alpha value is -2.67. The number of aromatic amines is 1. The highest BCUT2D eigenvalue weighted by Gasteiger charge is 2.18. The molecule has 0 saturated heterocycles. The molecule has 0 aliphatic heterocycles. The van der Waals surface area contributed by atoms with E-state index in [0.717, 1.165) is 10.0 Å². The Morgan fingerprint density at radius 1 is 1.22 bits per heavy atom. The number of carbonyl (C=O) groups excluding carboxylic acids is 1. The number of carbonyl (C=O) groups is 1. The van der Waals surface area contributed by atoms with Gasteiger partial charge in [-0.05, 0) is 37.6 Å². The summed E-state index contributed by atoms with van der Waals surface area (Å²) in [5.74, 6) is 0.462. The van der Waals surface area contributed by atoms with E-state index < -0.39 is 0 Å². The fourth-order valence-corrected chi connectivity index (χ4v) is 3.53. The second-order valence-electron chi connectivity index (χ2n) is 6.24. The third kappa shape index (κ3) is 4.36. The molecule has 2 aromatic carbocycles. The van der Waals surface area contributed by atoms with Crippen molar-refractivity contribution in [3.05, 3.63) is 74.7 Å². The monoisotopic (exact) mass is 428 g/mol. The summed E-state index contributed by atoms with van der Waals surface area (Å²) in [5.41, 5.74) is 1.42. The second-order valence-corrected chi connectivity index (χ2v) is 7.09. The zero-order chi connectivity index (χ0) is 19.4.